The van der Waals surface area contributed by atoms with Crippen LogP contribution in [0, 0.1) is 29.6 Å². The Kier molecular flexibility index (Phi) is 4.16. The summed E-state index contributed by atoms with van der Waals surface area (Å²) in [6, 6.07) is 0. The Labute approximate surface area is 115 Å². The second-order valence-electron chi connectivity index (χ2n) is 6.49. The molecule has 0 aromatic rings. The van der Waals surface area contributed by atoms with E-state index in [-0.39, 0.29) is 11.8 Å². The van der Waals surface area contributed by atoms with Gasteiger partial charge in [0.15, 0.2) is 0 Å². The van der Waals surface area contributed by atoms with E-state index in [1.807, 2.05) is 4.90 Å². The second kappa shape index (κ2) is 5.51. The van der Waals surface area contributed by atoms with E-state index in [1.54, 1.807) is 0 Å². The molecule has 19 heavy (non-hydrogen) atoms. The van der Waals surface area contributed by atoms with E-state index in [2.05, 4.69) is 20.8 Å². The van der Waals surface area contributed by atoms with Crippen LogP contribution in [-0.2, 0) is 9.59 Å². The summed E-state index contributed by atoms with van der Waals surface area (Å²) >= 11 is 0. The van der Waals surface area contributed by atoms with Crippen molar-refractivity contribution in [2.45, 2.75) is 40.0 Å². The predicted molar refractivity (Wildman–Crippen MR) is 72.5 cm³/mol. The van der Waals surface area contributed by atoms with E-state index in [9.17, 15) is 14.7 Å². The fourth-order valence-electron chi connectivity index (χ4n) is 3.57. The molecule has 3 unspecified atom stereocenters. The van der Waals surface area contributed by atoms with E-state index >= 15 is 0 Å². The fraction of sp³-hybridized carbons (Fsp3) is 0.867. The monoisotopic (exact) mass is 267 g/mol. The molecule has 108 valence electrons. The molecule has 1 aliphatic carbocycles. The maximum Gasteiger partial charge on any atom is 0.307 e. The van der Waals surface area contributed by atoms with Crippen molar-refractivity contribution < 1.29 is 14.7 Å². The number of rotatable bonds is 3. The zero-order chi connectivity index (χ0) is 14.2. The molecule has 0 radical (unpaired) electrons. The molecule has 0 aromatic heterocycles. The third-order valence-corrected chi connectivity index (χ3v) is 5.17. The SMILES string of the molecule is CCC1C[C@H](C(=O)N2CC(C)C(C)C2)[C@H](C(=O)O)C1. The largest absolute Gasteiger partial charge is 0.481 e. The highest BCUT2D eigenvalue weighted by Crippen LogP contribution is 2.40. The molecule has 2 fully saturated rings. The highest BCUT2D eigenvalue weighted by atomic mass is 16.4. The van der Waals surface area contributed by atoms with E-state index < -0.39 is 11.9 Å². The van der Waals surface area contributed by atoms with Gasteiger partial charge in [0, 0.05) is 13.1 Å². The van der Waals surface area contributed by atoms with Crippen LogP contribution in [0.5, 0.6) is 0 Å². The Morgan fingerprint density at radius 3 is 2.11 bits per heavy atom. The zero-order valence-electron chi connectivity index (χ0n) is 12.1. The maximum atomic E-state index is 12.6. The fourth-order valence-corrected chi connectivity index (χ4v) is 3.57. The summed E-state index contributed by atoms with van der Waals surface area (Å²) in [4.78, 5) is 25.8. The van der Waals surface area contributed by atoms with Crippen LogP contribution < -0.4 is 0 Å². The molecule has 0 aromatic carbocycles. The van der Waals surface area contributed by atoms with Crippen LogP contribution in [0.15, 0.2) is 0 Å². The molecule has 1 saturated carbocycles. The molecule has 0 spiro atoms. The van der Waals surface area contributed by atoms with Gasteiger partial charge in [-0.15, -0.1) is 0 Å². The van der Waals surface area contributed by atoms with Crippen molar-refractivity contribution in [3.63, 3.8) is 0 Å². The van der Waals surface area contributed by atoms with Crippen LogP contribution in [0.3, 0.4) is 0 Å². The number of carbonyl (C=O) groups is 2. The van der Waals surface area contributed by atoms with Crippen LogP contribution in [0.1, 0.15) is 40.0 Å². The van der Waals surface area contributed by atoms with Gasteiger partial charge in [0.2, 0.25) is 5.91 Å². The number of aliphatic carboxylic acids is 1. The van der Waals surface area contributed by atoms with Crippen molar-refractivity contribution in [1.82, 2.24) is 4.90 Å². The van der Waals surface area contributed by atoms with Gasteiger partial charge in [-0.05, 0) is 30.6 Å². The normalized spacial score (nSPS) is 38.7. The molecule has 1 aliphatic heterocycles. The van der Waals surface area contributed by atoms with Crippen molar-refractivity contribution in [3.8, 4) is 0 Å². The summed E-state index contributed by atoms with van der Waals surface area (Å²) in [6.07, 6.45) is 2.40. The first-order chi connectivity index (χ1) is 8.93. The van der Waals surface area contributed by atoms with Gasteiger partial charge in [0.1, 0.15) is 0 Å². The second-order valence-corrected chi connectivity index (χ2v) is 6.49. The van der Waals surface area contributed by atoms with E-state index in [1.165, 1.54) is 0 Å². The number of amides is 1. The molecule has 4 nitrogen and oxygen atoms in total. The first kappa shape index (κ1) is 14.4. The van der Waals surface area contributed by atoms with Crippen molar-refractivity contribution in [3.05, 3.63) is 0 Å². The molecule has 1 N–H and O–H groups in total. The summed E-state index contributed by atoms with van der Waals surface area (Å²) < 4.78 is 0. The van der Waals surface area contributed by atoms with E-state index in [0.29, 0.717) is 24.2 Å². The number of hydrogen-bond acceptors (Lipinski definition) is 2. The quantitative estimate of drug-likeness (QED) is 0.853. The summed E-state index contributed by atoms with van der Waals surface area (Å²) in [6.45, 7) is 7.99. The lowest BCUT2D eigenvalue weighted by Gasteiger charge is -2.23. The van der Waals surface area contributed by atoms with Crippen LogP contribution in [0.2, 0.25) is 0 Å². The maximum absolute atomic E-state index is 12.6. The molecule has 5 atom stereocenters. The lowest BCUT2D eigenvalue weighted by Crippen LogP contribution is -2.38. The summed E-state index contributed by atoms with van der Waals surface area (Å²) in [5.41, 5.74) is 0. The molecule has 2 rings (SSSR count). The average molecular weight is 267 g/mol. The lowest BCUT2D eigenvalue weighted by molar-refractivity contribution is -0.148. The van der Waals surface area contributed by atoms with Crippen LogP contribution >= 0.6 is 0 Å². The summed E-state index contributed by atoms with van der Waals surface area (Å²) in [5.74, 6) is -0.0311. The highest BCUT2D eigenvalue weighted by molar-refractivity contribution is 5.85. The number of hydrogen-bond donors (Lipinski definition) is 1. The van der Waals surface area contributed by atoms with Crippen LogP contribution in [0.25, 0.3) is 0 Å². The van der Waals surface area contributed by atoms with Gasteiger partial charge in [-0.1, -0.05) is 27.2 Å². The molecule has 0 bridgehead atoms. The minimum absolute atomic E-state index is 0.0829. The van der Waals surface area contributed by atoms with Gasteiger partial charge in [0.25, 0.3) is 0 Å². The minimum Gasteiger partial charge on any atom is -0.481 e. The van der Waals surface area contributed by atoms with Crippen molar-refractivity contribution in [2.24, 2.45) is 29.6 Å². The average Bonchev–Trinajstić information content (AvgIpc) is 2.93. The van der Waals surface area contributed by atoms with E-state index in [0.717, 1.165) is 25.9 Å². The van der Waals surface area contributed by atoms with Gasteiger partial charge in [-0.25, -0.2) is 0 Å². The van der Waals surface area contributed by atoms with Gasteiger partial charge >= 0.3 is 5.97 Å². The highest BCUT2D eigenvalue weighted by Gasteiger charge is 2.45. The Hall–Kier alpha value is -1.06. The third-order valence-electron chi connectivity index (χ3n) is 5.17. The molecule has 1 heterocycles. The lowest BCUT2D eigenvalue weighted by atomic mass is 9.95. The molecular weight excluding hydrogens is 242 g/mol. The Morgan fingerprint density at radius 2 is 1.63 bits per heavy atom. The summed E-state index contributed by atoms with van der Waals surface area (Å²) in [7, 11) is 0. The van der Waals surface area contributed by atoms with Gasteiger partial charge in [0.05, 0.1) is 11.8 Å². The zero-order valence-corrected chi connectivity index (χ0v) is 12.1. The van der Waals surface area contributed by atoms with Crippen LogP contribution in [0.4, 0.5) is 0 Å². The minimum atomic E-state index is -0.797. The van der Waals surface area contributed by atoms with Crippen molar-refractivity contribution >= 4 is 11.9 Å². The van der Waals surface area contributed by atoms with Gasteiger partial charge in [-0.3, -0.25) is 9.59 Å². The van der Waals surface area contributed by atoms with Crippen molar-refractivity contribution in [1.29, 1.82) is 0 Å². The number of carboxylic acids is 1. The van der Waals surface area contributed by atoms with Gasteiger partial charge < -0.3 is 10.0 Å². The summed E-state index contributed by atoms with van der Waals surface area (Å²) in [5, 5.41) is 9.32. The van der Waals surface area contributed by atoms with E-state index in [4.69, 9.17) is 0 Å². The Balaban J connectivity index is 2.07. The topological polar surface area (TPSA) is 57.6 Å². The predicted octanol–water partition coefficient (Wildman–Crippen LogP) is 2.24. The first-order valence-corrected chi connectivity index (χ1v) is 7.45. The number of nitrogens with zero attached hydrogens (tertiary/aromatic N) is 1. The first-order valence-electron chi connectivity index (χ1n) is 7.45. The molecule has 1 saturated heterocycles. The Bertz CT molecular complexity index is 358. The number of carboxylic acid groups (broad SMARTS) is 1. The van der Waals surface area contributed by atoms with Crippen molar-refractivity contribution in [2.75, 3.05) is 13.1 Å². The Morgan fingerprint density at radius 1 is 1.11 bits per heavy atom. The number of likely N-dealkylation sites (tertiary alicyclic amines) is 1. The molecule has 2 aliphatic rings. The smallest absolute Gasteiger partial charge is 0.307 e. The standard InChI is InChI=1S/C15H25NO3/c1-4-11-5-12(13(6-11)15(18)19)14(17)16-7-9(2)10(3)8-16/h9-13H,4-8H2,1-3H3,(H,18,19)/t9?,10?,11?,12-,13+/m0/s1. The number of carbonyl (C=O) groups excluding carboxylic acids is 1. The van der Waals surface area contributed by atoms with Crippen LogP contribution in [-0.4, -0.2) is 35.0 Å². The molecular formula is C15H25NO3. The molecule has 1 amide bonds. The third kappa shape index (κ3) is 2.77. The molecule has 4 heteroatoms. The van der Waals surface area contributed by atoms with Gasteiger partial charge in [-0.2, -0.15) is 0 Å².